The molecule has 0 aliphatic carbocycles. The number of fused-ring (bicyclic) bond motifs is 1. The van der Waals surface area contributed by atoms with Crippen molar-refractivity contribution in [3.05, 3.63) is 48.0 Å². The third kappa shape index (κ3) is 2.87. The van der Waals surface area contributed by atoms with Crippen LogP contribution in [0.15, 0.2) is 47.4 Å². The third-order valence-corrected chi connectivity index (χ3v) is 4.77. The highest BCUT2D eigenvalue weighted by Crippen LogP contribution is 2.30. The van der Waals surface area contributed by atoms with Crippen molar-refractivity contribution >= 4 is 15.7 Å². The minimum atomic E-state index is -3.66. The molecule has 0 bridgehead atoms. The highest BCUT2D eigenvalue weighted by atomic mass is 32.2. The predicted molar refractivity (Wildman–Crippen MR) is 84.1 cm³/mol. The van der Waals surface area contributed by atoms with E-state index in [0.29, 0.717) is 24.7 Å². The molecule has 0 saturated heterocycles. The Morgan fingerprint density at radius 1 is 1.23 bits per heavy atom. The van der Waals surface area contributed by atoms with Gasteiger partial charge < -0.3 is 9.47 Å². The molecule has 0 radical (unpaired) electrons. The maximum atomic E-state index is 12.6. The summed E-state index contributed by atoms with van der Waals surface area (Å²) < 4.78 is 38.5. The van der Waals surface area contributed by atoms with Crippen molar-refractivity contribution in [3.8, 4) is 11.5 Å². The van der Waals surface area contributed by atoms with E-state index in [1.165, 1.54) is 0 Å². The molecule has 1 aliphatic rings. The molecular formula is C16H17NO4S. The van der Waals surface area contributed by atoms with Crippen LogP contribution in [0.2, 0.25) is 0 Å². The smallest absolute Gasteiger partial charge is 0.262 e. The Morgan fingerprint density at radius 3 is 2.86 bits per heavy atom. The first kappa shape index (κ1) is 14.7. The lowest BCUT2D eigenvalue weighted by molar-refractivity contribution is 0.342. The molecule has 22 heavy (non-hydrogen) atoms. The molecule has 0 fully saturated rings. The molecule has 1 heterocycles. The van der Waals surface area contributed by atoms with E-state index in [9.17, 15) is 8.42 Å². The van der Waals surface area contributed by atoms with Crippen molar-refractivity contribution in [2.75, 3.05) is 17.9 Å². The molecule has 0 unspecified atom stereocenters. The van der Waals surface area contributed by atoms with E-state index in [1.54, 1.807) is 42.5 Å². The topological polar surface area (TPSA) is 64.6 Å². The first-order valence-corrected chi connectivity index (χ1v) is 8.59. The number of para-hydroxylation sites is 2. The zero-order valence-electron chi connectivity index (χ0n) is 12.2. The Balaban J connectivity index is 1.91. The molecule has 2 aromatic rings. The molecule has 0 aromatic heterocycles. The molecule has 0 atom stereocenters. The maximum Gasteiger partial charge on any atom is 0.262 e. The van der Waals surface area contributed by atoms with Gasteiger partial charge in [-0.05, 0) is 42.8 Å². The van der Waals surface area contributed by atoms with E-state index in [4.69, 9.17) is 9.47 Å². The number of hydrogen-bond donors (Lipinski definition) is 1. The van der Waals surface area contributed by atoms with Gasteiger partial charge in [0.25, 0.3) is 10.0 Å². The van der Waals surface area contributed by atoms with E-state index in [-0.39, 0.29) is 4.90 Å². The van der Waals surface area contributed by atoms with Crippen LogP contribution in [0.5, 0.6) is 11.5 Å². The molecule has 0 amide bonds. The van der Waals surface area contributed by atoms with Crippen LogP contribution in [0, 0.1) is 0 Å². The van der Waals surface area contributed by atoms with Crippen molar-refractivity contribution in [1.82, 2.24) is 0 Å². The summed E-state index contributed by atoms with van der Waals surface area (Å²) in [6.45, 7) is 2.92. The van der Waals surface area contributed by atoms with Gasteiger partial charge in [0, 0.05) is 6.42 Å². The van der Waals surface area contributed by atoms with Crippen molar-refractivity contribution in [3.63, 3.8) is 0 Å². The lowest BCUT2D eigenvalue weighted by Gasteiger charge is -2.13. The van der Waals surface area contributed by atoms with Crippen LogP contribution in [0.25, 0.3) is 0 Å². The van der Waals surface area contributed by atoms with Gasteiger partial charge in [-0.2, -0.15) is 0 Å². The number of nitrogens with one attached hydrogen (secondary N) is 1. The number of hydrogen-bond acceptors (Lipinski definition) is 4. The third-order valence-electron chi connectivity index (χ3n) is 3.40. The van der Waals surface area contributed by atoms with Gasteiger partial charge in [-0.25, -0.2) is 8.42 Å². The van der Waals surface area contributed by atoms with Crippen LogP contribution in [0.1, 0.15) is 12.5 Å². The van der Waals surface area contributed by atoms with Gasteiger partial charge in [0.1, 0.15) is 11.5 Å². The molecule has 116 valence electrons. The van der Waals surface area contributed by atoms with Crippen molar-refractivity contribution < 1.29 is 17.9 Å². The summed E-state index contributed by atoms with van der Waals surface area (Å²) in [5.74, 6) is 1.27. The van der Waals surface area contributed by atoms with Crippen molar-refractivity contribution in [1.29, 1.82) is 0 Å². The molecule has 3 rings (SSSR count). The first-order chi connectivity index (χ1) is 10.6. The molecular weight excluding hydrogens is 302 g/mol. The van der Waals surface area contributed by atoms with Crippen LogP contribution in [-0.2, 0) is 16.4 Å². The Kier molecular flexibility index (Phi) is 3.94. The van der Waals surface area contributed by atoms with Gasteiger partial charge in [0.15, 0.2) is 0 Å². The Hall–Kier alpha value is -2.21. The quantitative estimate of drug-likeness (QED) is 0.920. The molecule has 0 saturated carbocycles. The lowest BCUT2D eigenvalue weighted by atomic mass is 10.2. The second-order valence-corrected chi connectivity index (χ2v) is 6.59. The molecule has 1 aliphatic heterocycles. The lowest BCUT2D eigenvalue weighted by Crippen LogP contribution is -2.14. The summed E-state index contributed by atoms with van der Waals surface area (Å²) in [7, 11) is -3.66. The van der Waals surface area contributed by atoms with Crippen molar-refractivity contribution in [2.45, 2.75) is 18.2 Å². The first-order valence-electron chi connectivity index (χ1n) is 7.10. The number of ether oxygens (including phenoxy) is 2. The predicted octanol–water partition coefficient (Wildman–Crippen LogP) is 2.82. The second kappa shape index (κ2) is 5.88. The summed E-state index contributed by atoms with van der Waals surface area (Å²) in [6, 6.07) is 11.9. The molecule has 1 N–H and O–H groups in total. The zero-order chi connectivity index (χ0) is 15.6. The second-order valence-electron chi connectivity index (χ2n) is 4.90. The van der Waals surface area contributed by atoms with E-state index in [0.717, 1.165) is 17.7 Å². The summed E-state index contributed by atoms with van der Waals surface area (Å²) in [5.41, 5.74) is 1.35. The molecule has 0 spiro atoms. The number of benzene rings is 2. The van der Waals surface area contributed by atoms with Crippen LogP contribution in [0.3, 0.4) is 0 Å². The van der Waals surface area contributed by atoms with Crippen LogP contribution in [-0.4, -0.2) is 21.6 Å². The van der Waals surface area contributed by atoms with Crippen LogP contribution >= 0.6 is 0 Å². The highest BCUT2D eigenvalue weighted by Gasteiger charge is 2.20. The highest BCUT2D eigenvalue weighted by molar-refractivity contribution is 7.92. The maximum absolute atomic E-state index is 12.6. The fourth-order valence-electron chi connectivity index (χ4n) is 2.37. The van der Waals surface area contributed by atoms with Crippen molar-refractivity contribution in [2.24, 2.45) is 0 Å². The average molecular weight is 319 g/mol. The summed E-state index contributed by atoms with van der Waals surface area (Å²) >= 11 is 0. The monoisotopic (exact) mass is 319 g/mol. The van der Waals surface area contributed by atoms with E-state index in [2.05, 4.69) is 4.72 Å². The zero-order valence-corrected chi connectivity index (χ0v) is 13.0. The fourth-order valence-corrected chi connectivity index (χ4v) is 3.49. The average Bonchev–Trinajstić information content (AvgIpc) is 2.97. The van der Waals surface area contributed by atoms with Gasteiger partial charge in [0.2, 0.25) is 0 Å². The van der Waals surface area contributed by atoms with Gasteiger partial charge >= 0.3 is 0 Å². The Bertz CT molecular complexity index is 786. The number of rotatable bonds is 5. The van der Waals surface area contributed by atoms with Gasteiger partial charge in [0.05, 0.1) is 23.8 Å². The van der Waals surface area contributed by atoms with Crippen LogP contribution < -0.4 is 14.2 Å². The van der Waals surface area contributed by atoms with Gasteiger partial charge in [-0.3, -0.25) is 4.72 Å². The largest absolute Gasteiger partial charge is 0.493 e. The SMILES string of the molecule is CCOc1ccccc1NS(=O)(=O)c1ccc2c(c1)CCO2. The number of sulfonamides is 1. The fraction of sp³-hybridized carbons (Fsp3) is 0.250. The van der Waals surface area contributed by atoms with E-state index in [1.807, 2.05) is 6.92 Å². The van der Waals surface area contributed by atoms with E-state index >= 15 is 0 Å². The summed E-state index contributed by atoms with van der Waals surface area (Å²) in [4.78, 5) is 0.225. The molecule has 6 heteroatoms. The van der Waals surface area contributed by atoms with Gasteiger partial charge in [-0.1, -0.05) is 12.1 Å². The van der Waals surface area contributed by atoms with Crippen LogP contribution in [0.4, 0.5) is 5.69 Å². The standard InChI is InChI=1S/C16H17NO4S/c1-2-20-16-6-4-3-5-14(16)17-22(18,19)13-7-8-15-12(11-13)9-10-21-15/h3-8,11,17H,2,9-10H2,1H3. The van der Waals surface area contributed by atoms with E-state index < -0.39 is 10.0 Å². The normalized spacial score (nSPS) is 13.3. The summed E-state index contributed by atoms with van der Waals surface area (Å²) in [6.07, 6.45) is 0.730. The minimum absolute atomic E-state index is 0.225. The summed E-state index contributed by atoms with van der Waals surface area (Å²) in [5, 5.41) is 0. The van der Waals surface area contributed by atoms with Gasteiger partial charge in [-0.15, -0.1) is 0 Å². The minimum Gasteiger partial charge on any atom is -0.493 e. The number of anilines is 1. The molecule has 5 nitrogen and oxygen atoms in total. The Morgan fingerprint density at radius 2 is 2.05 bits per heavy atom. The Labute approximate surface area is 129 Å². The molecule has 2 aromatic carbocycles.